The van der Waals surface area contributed by atoms with Gasteiger partial charge in [-0.3, -0.25) is 43.3 Å². The van der Waals surface area contributed by atoms with E-state index < -0.39 is 102 Å². The molecule has 1 fully saturated rings. The van der Waals surface area contributed by atoms with Crippen LogP contribution in [0, 0.1) is 24.7 Å². The molecule has 516 valence electrons. The first-order valence-electron chi connectivity index (χ1n) is 31.1. The minimum atomic E-state index is -1.33. The van der Waals surface area contributed by atoms with Gasteiger partial charge in [-0.15, -0.1) is 68.0 Å². The molecule has 0 saturated heterocycles. The van der Waals surface area contributed by atoms with E-state index in [9.17, 15) is 63.6 Å². The summed E-state index contributed by atoms with van der Waals surface area (Å²) in [5.74, 6) is -7.80. The number of carbonyl (C=O) groups is 9. The number of hydrogen-bond acceptors (Lipinski definition) is 25. The fraction of sp³-hybridized carbons (Fsp3) is 0.406. The van der Waals surface area contributed by atoms with E-state index in [0.29, 0.717) is 95.1 Å². The lowest BCUT2D eigenvalue weighted by Crippen LogP contribution is -2.40. The third-order valence-electron chi connectivity index (χ3n) is 16.3. The lowest BCUT2D eigenvalue weighted by molar-refractivity contribution is -0.144. The van der Waals surface area contributed by atoms with Crippen molar-refractivity contribution in [2.75, 3.05) is 32.1 Å². The lowest BCUT2D eigenvalue weighted by atomic mass is 9.87. The van der Waals surface area contributed by atoms with E-state index in [1.807, 2.05) is 13.8 Å². The zero-order valence-electron chi connectivity index (χ0n) is 53.5. The highest BCUT2D eigenvalue weighted by Gasteiger charge is 2.35. The Morgan fingerprint density at radius 3 is 2.10 bits per heavy atom. The normalized spacial score (nSPS) is 18.3. The number of carboxylic acid groups (broad SMARTS) is 3. The van der Waals surface area contributed by atoms with Crippen LogP contribution in [0.3, 0.4) is 0 Å². The second kappa shape index (κ2) is 32.6. The van der Waals surface area contributed by atoms with Gasteiger partial charge in [0.1, 0.15) is 88.3 Å². The Kier molecular flexibility index (Phi) is 23.9. The summed E-state index contributed by atoms with van der Waals surface area (Å²) in [5.41, 5.74) is 2.18. The topological polar surface area (TPSA) is 407 Å². The molecule has 2 unspecified atom stereocenters. The summed E-state index contributed by atoms with van der Waals surface area (Å²) in [6.07, 6.45) is -1.27. The second-order valence-corrected chi connectivity index (χ2v) is 29.3. The maximum atomic E-state index is 14.5. The summed E-state index contributed by atoms with van der Waals surface area (Å²) in [4.78, 5) is 156. The van der Waals surface area contributed by atoms with Crippen molar-refractivity contribution in [3.05, 3.63) is 111 Å². The summed E-state index contributed by atoms with van der Waals surface area (Å²) >= 11 is 6.92. The quantitative estimate of drug-likeness (QED) is 0.0320. The van der Waals surface area contributed by atoms with Gasteiger partial charge in [0.15, 0.2) is 0 Å². The molecule has 5 atom stereocenters. The average molecular weight is 1450 g/mol. The van der Waals surface area contributed by atoms with E-state index >= 15 is 0 Å². The van der Waals surface area contributed by atoms with Crippen molar-refractivity contribution < 1.29 is 73.1 Å². The number of nitrogens with zero attached hydrogens (tertiary/aromatic N) is 8. The van der Waals surface area contributed by atoms with Gasteiger partial charge in [0.05, 0.1) is 54.1 Å². The van der Waals surface area contributed by atoms with Crippen LogP contribution in [0.2, 0.25) is 0 Å². The van der Waals surface area contributed by atoms with Crippen LogP contribution in [0.15, 0.2) is 64.0 Å². The van der Waals surface area contributed by atoms with Crippen LogP contribution >= 0.6 is 68.0 Å². The maximum Gasteiger partial charge on any atom is 0.415 e. The number of fused-ring (bicyclic) bond motifs is 14. The number of rotatable bonds is 20. The van der Waals surface area contributed by atoms with Crippen molar-refractivity contribution in [1.82, 2.24) is 61.5 Å². The molecule has 98 heavy (non-hydrogen) atoms. The Morgan fingerprint density at radius 2 is 1.39 bits per heavy atom. The molecule has 1 saturated carbocycles. The number of ether oxygens (including phenoxy) is 2. The van der Waals surface area contributed by atoms with Crippen LogP contribution in [0.1, 0.15) is 164 Å². The first-order valence-corrected chi connectivity index (χ1v) is 36.3. The van der Waals surface area contributed by atoms with E-state index in [1.54, 1.807) is 70.9 Å². The summed E-state index contributed by atoms with van der Waals surface area (Å²) in [6.45, 7) is 4.88. The number of hydrogen-bond donors (Lipinski definition) is 9. The minimum absolute atomic E-state index is 0.0235. The lowest BCUT2D eigenvalue weighted by Gasteiger charge is -2.28. The fourth-order valence-corrected chi connectivity index (χ4v) is 16.5. The average Bonchev–Trinajstić information content (AvgIpc) is 1.59. The van der Waals surface area contributed by atoms with Crippen molar-refractivity contribution in [3.63, 3.8) is 0 Å². The number of amides is 6. The van der Waals surface area contributed by atoms with E-state index in [-0.39, 0.29) is 84.8 Å². The maximum absolute atomic E-state index is 14.5. The molecule has 8 aromatic rings. The smallest absolute Gasteiger partial charge is 0.415 e. The molecule has 2 aliphatic rings. The Balaban J connectivity index is 1.03. The molecule has 0 spiro atoms. The number of pyridine rings is 1. The molecule has 10 rings (SSSR count). The highest BCUT2D eigenvalue weighted by molar-refractivity contribution is 7.15. The molecular weight excluding hydrogens is 1380 g/mol. The van der Waals surface area contributed by atoms with Gasteiger partial charge in [0, 0.05) is 59.1 Å². The number of unbranched alkanes of at least 4 members (excludes halogenated alkanes) is 1. The summed E-state index contributed by atoms with van der Waals surface area (Å²) in [7, 11) is 2.91. The second-order valence-electron chi connectivity index (χ2n) is 23.5. The molecule has 1 aliphatic carbocycles. The number of nitrogens with one attached hydrogen (secondary N) is 5. The van der Waals surface area contributed by atoms with Crippen LogP contribution in [0.5, 0.6) is 0 Å². The van der Waals surface area contributed by atoms with Crippen LogP contribution < -0.4 is 31.5 Å². The zero-order chi connectivity index (χ0) is 69.9. The molecule has 8 heterocycles. The zero-order valence-corrected chi connectivity index (χ0v) is 58.4. The van der Waals surface area contributed by atoms with Gasteiger partial charge < -0.3 is 56.5 Å². The van der Waals surface area contributed by atoms with Gasteiger partial charge in [-0.2, -0.15) is 0 Å². The third-order valence-corrected chi connectivity index (χ3v) is 22.0. The van der Waals surface area contributed by atoms with Gasteiger partial charge in [-0.1, -0.05) is 50.6 Å². The highest BCUT2D eigenvalue weighted by atomic mass is 32.1. The molecule has 10 bridgehead atoms. The number of carboxylic acids is 3. The summed E-state index contributed by atoms with van der Waals surface area (Å²) < 4.78 is 11.4. The molecule has 6 amide bonds. The van der Waals surface area contributed by atoms with Crippen molar-refractivity contribution >= 4 is 127 Å². The predicted octanol–water partition coefficient (Wildman–Crippen LogP) is 9.63. The number of carbonyl (C=O) groups excluding carboxylic acids is 6. The number of thiazole rings is 6. The Bertz CT molecular complexity index is 4230. The van der Waals surface area contributed by atoms with Gasteiger partial charge in [-0.25, -0.2) is 39.7 Å². The van der Waals surface area contributed by atoms with Crippen LogP contribution in [0.4, 0.5) is 10.6 Å². The summed E-state index contributed by atoms with van der Waals surface area (Å²) in [6, 6.07) is 9.15. The molecule has 1 aliphatic heterocycles. The molecule has 7 aromatic heterocycles. The van der Waals surface area contributed by atoms with Crippen LogP contribution in [-0.4, -0.2) is 142 Å². The highest BCUT2D eigenvalue weighted by Crippen LogP contribution is 2.41. The Labute approximate surface area is 584 Å². The number of aryl methyl sites for hydroxylation is 1. The van der Waals surface area contributed by atoms with Crippen molar-refractivity contribution in [1.29, 1.82) is 0 Å². The number of aliphatic hydroxyl groups excluding tert-OH is 1. The van der Waals surface area contributed by atoms with Crippen molar-refractivity contribution in [3.8, 4) is 43.4 Å². The molecule has 34 heteroatoms. The van der Waals surface area contributed by atoms with Crippen LogP contribution in [0.25, 0.3) is 43.4 Å². The van der Waals surface area contributed by atoms with Gasteiger partial charge in [0.2, 0.25) is 11.8 Å². The van der Waals surface area contributed by atoms with Gasteiger partial charge in [0.25, 0.3) is 17.7 Å². The number of benzene rings is 1. The Hall–Kier alpha value is -8.90. The Morgan fingerprint density at radius 1 is 0.684 bits per heavy atom. The molecular formula is C64H69N13O15S6. The fourth-order valence-electron chi connectivity index (χ4n) is 11.0. The number of anilines is 1. The molecule has 1 aromatic carbocycles. The van der Waals surface area contributed by atoms with Crippen molar-refractivity contribution in [2.24, 2.45) is 17.8 Å². The minimum Gasteiger partial charge on any atom is -0.481 e. The summed E-state index contributed by atoms with van der Waals surface area (Å²) in [5, 5.41) is 63.4. The number of aliphatic hydroxyl groups is 1. The van der Waals surface area contributed by atoms with E-state index in [4.69, 9.17) is 44.4 Å². The van der Waals surface area contributed by atoms with E-state index in [2.05, 4.69) is 26.6 Å². The van der Waals surface area contributed by atoms with Crippen LogP contribution in [-0.2, 0) is 40.1 Å². The van der Waals surface area contributed by atoms with Crippen molar-refractivity contribution in [2.45, 2.75) is 122 Å². The first kappa shape index (κ1) is 71.9. The third kappa shape index (κ3) is 17.5. The van der Waals surface area contributed by atoms with Gasteiger partial charge >= 0.3 is 24.0 Å². The predicted molar refractivity (Wildman–Crippen MR) is 366 cm³/mol. The van der Waals surface area contributed by atoms with E-state index in [1.165, 1.54) is 30.4 Å². The number of aliphatic carboxylic acids is 3. The molecule has 9 N–H and O–H groups in total. The van der Waals surface area contributed by atoms with E-state index in [0.717, 1.165) is 56.7 Å². The SMILES string of the molecule is CNC(=O)C[C@@H]1NC(=O)c2csc(n2)-c2ccc(-c3nc(N(CCCCC(CCC(=O)O)C(=O)O)C(=O)O[C@H]4CC[C@H](C(=O)O)CC4)cs3)nc2-c2csc(n2)-c2csc(n2)[C@H]([C@@H](O)c2ccccc2)NC(=O)CNC(=O)c2nc(sc2COC)C(C(C)C)NC(=O)c2nc1sc2C. The number of aromatic nitrogens is 7. The largest absolute Gasteiger partial charge is 0.481 e. The standard InChI is InChI=1S/C64H69N13O15S6/c1-30(2)47-61-76-50(42(98-61)25-91-5)54(84)66-24-45(79)73-51(52(82)32-11-7-6-8-12-32)60-71-41(28-95-60)58-69-39(26-94-58)49-36(56-70-40(27-93-56)53(83)68-38(23-44(78)65-4)59-75-48(31(3)97-59)55(85)74-47)19-20-37(67-49)57-72-43(29-96-57)77(22-10-9-13-33(62(86)87)16-21-46(80)81)64(90)92-35-17-14-34(15-18-35)63(88)89/h6-8,11-12,19-20,26-30,33-35,38,47,51-52,82H,9-10,13-18,21-25H2,1-5H3,(H,65,78)(H,66,84)(H,68,83)(H,73,79)(H,74,85)(H,80,81)(H,86,87)(H,88,89)/t33?,34-,35-,38-,47?,51-,52-/m0/s1. The monoisotopic (exact) mass is 1450 g/mol. The molecule has 28 nitrogen and oxygen atoms in total. The molecule has 0 radical (unpaired) electrons. The first-order chi connectivity index (χ1) is 47.0. The van der Waals surface area contributed by atoms with Gasteiger partial charge in [-0.05, 0) is 75.5 Å². The number of methoxy groups -OCH3 is 1.